The van der Waals surface area contributed by atoms with E-state index in [-0.39, 0.29) is 0 Å². The molecule has 2 aromatic carbocycles. The normalized spacial score (nSPS) is 11.4. The first-order chi connectivity index (χ1) is 9.37. The van der Waals surface area contributed by atoms with Gasteiger partial charge < -0.3 is 10.1 Å². The maximum absolute atomic E-state index is 11.7. The zero-order chi connectivity index (χ0) is 14.8. The second kappa shape index (κ2) is 5.83. The Morgan fingerprint density at radius 1 is 1.20 bits per heavy atom. The van der Waals surface area contributed by atoms with Crippen molar-refractivity contribution >= 4 is 32.8 Å². The molecule has 3 nitrogen and oxygen atoms in total. The van der Waals surface area contributed by atoms with Gasteiger partial charge in [-0.2, -0.15) is 0 Å². The molecule has 20 heavy (non-hydrogen) atoms. The lowest BCUT2D eigenvalue weighted by Gasteiger charge is -2.20. The summed E-state index contributed by atoms with van der Waals surface area (Å²) in [6, 6.07) is 12.2. The average Bonchev–Trinajstić information content (AvgIpc) is 2.36. The van der Waals surface area contributed by atoms with E-state index in [4.69, 9.17) is 4.74 Å². The monoisotopic (exact) mass is 335 g/mol. The third kappa shape index (κ3) is 3.73. The Morgan fingerprint density at radius 3 is 2.60 bits per heavy atom. The first-order valence-corrected chi connectivity index (χ1v) is 7.29. The van der Waals surface area contributed by atoms with Crippen molar-refractivity contribution in [1.29, 1.82) is 0 Å². The maximum atomic E-state index is 11.7. The second-order valence-electron chi connectivity index (χ2n) is 5.62. The molecular formula is C16H18BrNO2. The van der Waals surface area contributed by atoms with Crippen LogP contribution in [0.2, 0.25) is 0 Å². The largest absolute Gasteiger partial charge is 0.444 e. The topological polar surface area (TPSA) is 38.3 Å². The number of ether oxygens (including phenoxy) is 1. The minimum atomic E-state index is -0.481. The lowest BCUT2D eigenvalue weighted by atomic mass is 10.1. The summed E-state index contributed by atoms with van der Waals surface area (Å²) in [5.74, 6) is 0. The quantitative estimate of drug-likeness (QED) is 0.868. The molecule has 0 aliphatic rings. The standard InChI is InChI=1S/C16H18BrNO2/c1-16(2,3)20-15(19)18-10-12-9-8-11-6-4-5-7-13(11)14(12)17/h4-9H,10H2,1-3H3,(H,18,19). The highest BCUT2D eigenvalue weighted by Crippen LogP contribution is 2.27. The summed E-state index contributed by atoms with van der Waals surface area (Å²) in [4.78, 5) is 11.7. The lowest BCUT2D eigenvalue weighted by molar-refractivity contribution is 0.0523. The Morgan fingerprint density at radius 2 is 1.90 bits per heavy atom. The molecule has 2 aromatic rings. The molecule has 0 unspecified atom stereocenters. The zero-order valence-corrected chi connectivity index (χ0v) is 13.5. The van der Waals surface area contributed by atoms with Crippen LogP contribution >= 0.6 is 15.9 Å². The van der Waals surface area contributed by atoms with Crippen molar-refractivity contribution in [2.75, 3.05) is 0 Å². The molecule has 0 saturated heterocycles. The van der Waals surface area contributed by atoms with Gasteiger partial charge in [-0.15, -0.1) is 0 Å². The lowest BCUT2D eigenvalue weighted by Crippen LogP contribution is -2.32. The number of carbonyl (C=O) groups is 1. The van der Waals surface area contributed by atoms with Gasteiger partial charge in [-0.05, 0) is 53.0 Å². The van der Waals surface area contributed by atoms with Gasteiger partial charge in [0.15, 0.2) is 0 Å². The second-order valence-corrected chi connectivity index (χ2v) is 6.41. The Labute approximate surface area is 127 Å². The van der Waals surface area contributed by atoms with Crippen LogP contribution in [0.3, 0.4) is 0 Å². The third-order valence-electron chi connectivity index (χ3n) is 2.77. The van der Waals surface area contributed by atoms with Gasteiger partial charge in [0.05, 0.1) is 0 Å². The molecule has 2 rings (SSSR count). The fourth-order valence-corrected chi connectivity index (χ4v) is 2.53. The molecule has 0 aliphatic carbocycles. The highest BCUT2D eigenvalue weighted by Gasteiger charge is 2.16. The summed E-state index contributed by atoms with van der Waals surface area (Å²) >= 11 is 3.60. The van der Waals surface area contributed by atoms with E-state index in [1.165, 1.54) is 5.39 Å². The molecule has 4 heteroatoms. The highest BCUT2D eigenvalue weighted by molar-refractivity contribution is 9.10. The molecule has 1 N–H and O–H groups in total. The van der Waals surface area contributed by atoms with Crippen molar-refractivity contribution in [2.45, 2.75) is 32.9 Å². The van der Waals surface area contributed by atoms with Crippen LogP contribution in [0.25, 0.3) is 10.8 Å². The van der Waals surface area contributed by atoms with E-state index in [1.807, 2.05) is 45.0 Å². The molecule has 0 spiro atoms. The Bertz CT molecular complexity index is 632. The van der Waals surface area contributed by atoms with Gasteiger partial charge in [0.1, 0.15) is 5.60 Å². The number of fused-ring (bicyclic) bond motifs is 1. The van der Waals surface area contributed by atoms with Crippen molar-refractivity contribution in [3.05, 3.63) is 46.4 Å². The van der Waals surface area contributed by atoms with Gasteiger partial charge in [-0.25, -0.2) is 4.79 Å². The molecule has 0 bridgehead atoms. The van der Waals surface area contributed by atoms with E-state index < -0.39 is 11.7 Å². The van der Waals surface area contributed by atoms with Crippen molar-refractivity contribution in [3.63, 3.8) is 0 Å². The highest BCUT2D eigenvalue weighted by atomic mass is 79.9. The molecule has 0 atom stereocenters. The number of hydrogen-bond donors (Lipinski definition) is 1. The van der Waals surface area contributed by atoms with E-state index in [2.05, 4.69) is 33.4 Å². The van der Waals surface area contributed by atoms with Crippen molar-refractivity contribution in [3.8, 4) is 0 Å². The predicted octanol–water partition coefficient (Wildman–Crippen LogP) is 4.63. The number of hydrogen-bond acceptors (Lipinski definition) is 2. The average molecular weight is 336 g/mol. The Kier molecular flexibility index (Phi) is 4.33. The fourth-order valence-electron chi connectivity index (χ4n) is 1.90. The van der Waals surface area contributed by atoms with Crippen LogP contribution in [-0.2, 0) is 11.3 Å². The number of amides is 1. The van der Waals surface area contributed by atoms with Crippen LogP contribution < -0.4 is 5.32 Å². The summed E-state index contributed by atoms with van der Waals surface area (Å²) in [7, 11) is 0. The van der Waals surface area contributed by atoms with Crippen LogP contribution in [0, 0.1) is 0 Å². The Balaban J connectivity index is 2.11. The number of rotatable bonds is 2. The third-order valence-corrected chi connectivity index (χ3v) is 3.70. The van der Waals surface area contributed by atoms with Gasteiger partial charge in [0.2, 0.25) is 0 Å². The molecule has 0 heterocycles. The first kappa shape index (κ1) is 14.9. The molecule has 1 amide bonds. The van der Waals surface area contributed by atoms with Crippen LogP contribution in [-0.4, -0.2) is 11.7 Å². The smallest absolute Gasteiger partial charge is 0.407 e. The van der Waals surface area contributed by atoms with Crippen LogP contribution in [0.4, 0.5) is 4.79 Å². The van der Waals surface area contributed by atoms with Gasteiger partial charge in [-0.1, -0.05) is 36.4 Å². The number of nitrogens with one attached hydrogen (secondary N) is 1. The van der Waals surface area contributed by atoms with Crippen LogP contribution in [0.1, 0.15) is 26.3 Å². The molecule has 0 aliphatic heterocycles. The van der Waals surface area contributed by atoms with E-state index in [0.29, 0.717) is 6.54 Å². The van der Waals surface area contributed by atoms with Crippen molar-refractivity contribution in [1.82, 2.24) is 5.32 Å². The van der Waals surface area contributed by atoms with Gasteiger partial charge in [-0.3, -0.25) is 0 Å². The first-order valence-electron chi connectivity index (χ1n) is 6.50. The SMILES string of the molecule is CC(C)(C)OC(=O)NCc1ccc2ccccc2c1Br. The number of halogens is 1. The summed E-state index contributed by atoms with van der Waals surface area (Å²) in [5, 5.41) is 5.07. The van der Waals surface area contributed by atoms with Crippen molar-refractivity contribution < 1.29 is 9.53 Å². The van der Waals surface area contributed by atoms with Crippen LogP contribution in [0.5, 0.6) is 0 Å². The fraction of sp³-hybridized carbons (Fsp3) is 0.312. The van der Waals surface area contributed by atoms with Crippen molar-refractivity contribution in [2.24, 2.45) is 0 Å². The van der Waals surface area contributed by atoms with E-state index >= 15 is 0 Å². The Hall–Kier alpha value is -1.55. The van der Waals surface area contributed by atoms with Gasteiger partial charge in [0.25, 0.3) is 0 Å². The summed E-state index contributed by atoms with van der Waals surface area (Å²) in [6.45, 7) is 5.97. The minimum absolute atomic E-state index is 0.405. The molecule has 0 aromatic heterocycles. The predicted molar refractivity (Wildman–Crippen MR) is 84.7 cm³/mol. The summed E-state index contributed by atoms with van der Waals surface area (Å²) < 4.78 is 6.23. The number of benzene rings is 2. The number of alkyl carbamates (subject to hydrolysis) is 1. The van der Waals surface area contributed by atoms with E-state index in [1.54, 1.807) is 0 Å². The summed E-state index contributed by atoms with van der Waals surface area (Å²) in [5.41, 5.74) is 0.541. The van der Waals surface area contributed by atoms with Gasteiger partial charge in [0, 0.05) is 11.0 Å². The van der Waals surface area contributed by atoms with Crippen LogP contribution in [0.15, 0.2) is 40.9 Å². The molecule has 0 fully saturated rings. The number of carbonyl (C=O) groups excluding carboxylic acids is 1. The molecular weight excluding hydrogens is 318 g/mol. The molecule has 0 radical (unpaired) electrons. The zero-order valence-electron chi connectivity index (χ0n) is 11.9. The van der Waals surface area contributed by atoms with E-state index in [0.717, 1.165) is 15.4 Å². The van der Waals surface area contributed by atoms with Gasteiger partial charge >= 0.3 is 6.09 Å². The molecule has 106 valence electrons. The maximum Gasteiger partial charge on any atom is 0.407 e. The molecule has 0 saturated carbocycles. The minimum Gasteiger partial charge on any atom is -0.444 e. The van der Waals surface area contributed by atoms with E-state index in [9.17, 15) is 4.79 Å². The summed E-state index contributed by atoms with van der Waals surface area (Å²) in [6.07, 6.45) is -0.405.